The minimum atomic E-state index is -0.366. The molecule has 0 N–H and O–H groups in total. The largest absolute Gasteiger partial charge is 0.496 e. The van der Waals surface area contributed by atoms with Crippen LogP contribution >= 0.6 is 0 Å². The molecule has 3 rings (SSSR count). The van der Waals surface area contributed by atoms with E-state index in [9.17, 15) is 9.59 Å². The summed E-state index contributed by atoms with van der Waals surface area (Å²) in [5.74, 6) is 1.63. The average molecular weight is 384 g/mol. The number of fused-ring (bicyclic) bond motifs is 1. The third kappa shape index (κ3) is 3.64. The number of carbonyl (C=O) groups is 2. The number of rotatable bonds is 6. The van der Waals surface area contributed by atoms with E-state index in [0.29, 0.717) is 39.9 Å². The maximum atomic E-state index is 12.7. The van der Waals surface area contributed by atoms with Gasteiger partial charge in [-0.2, -0.15) is 0 Å². The van der Waals surface area contributed by atoms with Gasteiger partial charge in [-0.15, -0.1) is 0 Å². The van der Waals surface area contributed by atoms with Crippen LogP contribution in [0.2, 0.25) is 0 Å². The van der Waals surface area contributed by atoms with Gasteiger partial charge in [-0.3, -0.25) is 9.59 Å². The number of Topliss-reactive ketones (excluding diaryl/α,β-unsaturated/α-hetero) is 1. The Hall–Kier alpha value is -3.48. The van der Waals surface area contributed by atoms with E-state index in [2.05, 4.69) is 0 Å². The Morgan fingerprint density at radius 1 is 1.00 bits per heavy atom. The summed E-state index contributed by atoms with van der Waals surface area (Å²) in [7, 11) is 4.57. The summed E-state index contributed by atoms with van der Waals surface area (Å²) < 4.78 is 26.8. The Labute approximate surface area is 162 Å². The molecule has 0 aromatic heterocycles. The Morgan fingerprint density at radius 3 is 2.32 bits per heavy atom. The third-order valence-electron chi connectivity index (χ3n) is 4.18. The summed E-state index contributed by atoms with van der Waals surface area (Å²) in [6.45, 7) is 1.70. The van der Waals surface area contributed by atoms with Crippen LogP contribution in [0.3, 0.4) is 0 Å². The Bertz CT molecular complexity index is 959. The van der Waals surface area contributed by atoms with Crippen molar-refractivity contribution in [2.24, 2.45) is 0 Å². The molecule has 0 amide bonds. The number of allylic oxidation sites excluding steroid dienone is 1. The van der Waals surface area contributed by atoms with Gasteiger partial charge in [0.2, 0.25) is 5.78 Å². The number of ether oxygens (including phenoxy) is 5. The lowest BCUT2D eigenvalue weighted by Gasteiger charge is -2.12. The van der Waals surface area contributed by atoms with E-state index in [-0.39, 0.29) is 23.9 Å². The van der Waals surface area contributed by atoms with Crippen LogP contribution in [-0.2, 0) is 4.79 Å². The molecular formula is C21H20O7. The second-order valence-corrected chi connectivity index (χ2v) is 5.87. The van der Waals surface area contributed by atoms with Crippen LogP contribution in [0.4, 0.5) is 0 Å². The van der Waals surface area contributed by atoms with Crippen molar-refractivity contribution in [2.75, 3.05) is 21.3 Å². The van der Waals surface area contributed by atoms with Gasteiger partial charge in [-0.1, -0.05) is 6.92 Å². The molecule has 0 unspecified atom stereocenters. The number of esters is 1. The highest BCUT2D eigenvalue weighted by Crippen LogP contribution is 2.39. The highest BCUT2D eigenvalue weighted by atomic mass is 16.5. The smallest absolute Gasteiger partial charge is 0.310 e. The van der Waals surface area contributed by atoms with Gasteiger partial charge in [-0.05, 0) is 24.3 Å². The second kappa shape index (κ2) is 8.04. The van der Waals surface area contributed by atoms with Gasteiger partial charge in [0.05, 0.1) is 26.9 Å². The zero-order valence-corrected chi connectivity index (χ0v) is 16.0. The van der Waals surface area contributed by atoms with Gasteiger partial charge < -0.3 is 23.7 Å². The highest BCUT2D eigenvalue weighted by Gasteiger charge is 2.28. The summed E-state index contributed by atoms with van der Waals surface area (Å²) in [6.07, 6.45) is 1.82. The molecule has 0 saturated heterocycles. The summed E-state index contributed by atoms with van der Waals surface area (Å²) in [5, 5.41) is 0. The molecule has 2 aromatic carbocycles. The summed E-state index contributed by atoms with van der Waals surface area (Å²) in [5.41, 5.74) is 0.982. The van der Waals surface area contributed by atoms with Gasteiger partial charge in [0, 0.05) is 24.1 Å². The molecule has 1 aliphatic rings. The van der Waals surface area contributed by atoms with E-state index in [1.54, 1.807) is 37.3 Å². The van der Waals surface area contributed by atoms with Crippen molar-refractivity contribution >= 4 is 17.8 Å². The molecule has 0 saturated carbocycles. The third-order valence-corrected chi connectivity index (χ3v) is 4.18. The molecule has 0 bridgehead atoms. The number of hydrogen-bond donors (Lipinski definition) is 0. The number of benzene rings is 2. The van der Waals surface area contributed by atoms with Gasteiger partial charge in [0.15, 0.2) is 17.3 Å². The van der Waals surface area contributed by atoms with E-state index in [4.69, 9.17) is 23.7 Å². The molecule has 0 aliphatic carbocycles. The molecule has 7 nitrogen and oxygen atoms in total. The zero-order chi connectivity index (χ0) is 20.3. The molecule has 0 radical (unpaired) electrons. The van der Waals surface area contributed by atoms with Crippen molar-refractivity contribution < 1.29 is 33.3 Å². The fourth-order valence-electron chi connectivity index (χ4n) is 2.74. The van der Waals surface area contributed by atoms with Gasteiger partial charge in [0.1, 0.15) is 17.2 Å². The minimum absolute atomic E-state index is 0.125. The van der Waals surface area contributed by atoms with Crippen LogP contribution in [0.1, 0.15) is 29.3 Å². The Kier molecular flexibility index (Phi) is 5.54. The van der Waals surface area contributed by atoms with Gasteiger partial charge in [-0.25, -0.2) is 0 Å². The van der Waals surface area contributed by atoms with Crippen molar-refractivity contribution in [1.82, 2.24) is 0 Å². The lowest BCUT2D eigenvalue weighted by atomic mass is 10.1. The van der Waals surface area contributed by atoms with E-state index in [0.717, 1.165) is 0 Å². The molecule has 28 heavy (non-hydrogen) atoms. The van der Waals surface area contributed by atoms with Crippen molar-refractivity contribution in [3.05, 3.63) is 47.2 Å². The predicted octanol–water partition coefficient (Wildman–Crippen LogP) is 3.64. The predicted molar refractivity (Wildman–Crippen MR) is 101 cm³/mol. The van der Waals surface area contributed by atoms with E-state index in [1.165, 1.54) is 27.4 Å². The SMILES string of the molecule is CCC(=O)Oc1ccc2c(c1)O/C(=C\c1cc(OC)c(OC)cc1OC)C2=O. The average Bonchev–Trinajstić information content (AvgIpc) is 3.02. The lowest BCUT2D eigenvalue weighted by molar-refractivity contribution is -0.134. The molecule has 1 heterocycles. The molecule has 146 valence electrons. The Balaban J connectivity index is 1.95. The summed E-state index contributed by atoms with van der Waals surface area (Å²) in [4.78, 5) is 24.1. The summed E-state index contributed by atoms with van der Waals surface area (Å²) >= 11 is 0. The molecule has 7 heteroatoms. The number of carbonyl (C=O) groups excluding carboxylic acids is 2. The van der Waals surface area contributed by atoms with E-state index < -0.39 is 0 Å². The van der Waals surface area contributed by atoms with Crippen LogP contribution < -0.4 is 23.7 Å². The molecule has 2 aromatic rings. The van der Waals surface area contributed by atoms with E-state index in [1.807, 2.05) is 0 Å². The van der Waals surface area contributed by atoms with Crippen molar-refractivity contribution in [3.63, 3.8) is 0 Å². The topological polar surface area (TPSA) is 80.3 Å². The first-order chi connectivity index (χ1) is 13.5. The molecule has 0 spiro atoms. The molecule has 1 aliphatic heterocycles. The fourth-order valence-corrected chi connectivity index (χ4v) is 2.74. The van der Waals surface area contributed by atoms with Gasteiger partial charge in [0.25, 0.3) is 0 Å². The second-order valence-electron chi connectivity index (χ2n) is 5.87. The van der Waals surface area contributed by atoms with Crippen LogP contribution in [0, 0.1) is 0 Å². The maximum absolute atomic E-state index is 12.7. The zero-order valence-electron chi connectivity index (χ0n) is 16.0. The van der Waals surface area contributed by atoms with Crippen molar-refractivity contribution in [1.29, 1.82) is 0 Å². The summed E-state index contributed by atoms with van der Waals surface area (Å²) in [6, 6.07) is 8.02. The first kappa shape index (κ1) is 19.3. The number of hydrogen-bond acceptors (Lipinski definition) is 7. The number of ketones is 1. The van der Waals surface area contributed by atoms with Crippen LogP contribution in [0.15, 0.2) is 36.1 Å². The maximum Gasteiger partial charge on any atom is 0.310 e. The van der Waals surface area contributed by atoms with Crippen molar-refractivity contribution in [2.45, 2.75) is 13.3 Å². The number of methoxy groups -OCH3 is 3. The van der Waals surface area contributed by atoms with Crippen LogP contribution in [0.25, 0.3) is 6.08 Å². The van der Waals surface area contributed by atoms with Crippen LogP contribution in [0.5, 0.6) is 28.7 Å². The molecule has 0 fully saturated rings. The fraction of sp³-hybridized carbons (Fsp3) is 0.238. The quantitative estimate of drug-likeness (QED) is 0.427. The Morgan fingerprint density at radius 2 is 1.68 bits per heavy atom. The minimum Gasteiger partial charge on any atom is -0.496 e. The standard InChI is InChI=1S/C21H20O7/c1-5-20(22)27-13-6-7-14-16(10-13)28-19(21(14)23)9-12-8-17(25-3)18(26-4)11-15(12)24-2/h6-11H,5H2,1-4H3/b19-9-. The van der Waals surface area contributed by atoms with Crippen molar-refractivity contribution in [3.8, 4) is 28.7 Å². The first-order valence-electron chi connectivity index (χ1n) is 8.59. The monoisotopic (exact) mass is 384 g/mol. The van der Waals surface area contributed by atoms with Gasteiger partial charge >= 0.3 is 5.97 Å². The normalized spacial score (nSPS) is 13.7. The highest BCUT2D eigenvalue weighted by molar-refractivity contribution is 6.14. The van der Waals surface area contributed by atoms with Crippen LogP contribution in [-0.4, -0.2) is 33.1 Å². The molecular weight excluding hydrogens is 364 g/mol. The first-order valence-corrected chi connectivity index (χ1v) is 8.59. The lowest BCUT2D eigenvalue weighted by Crippen LogP contribution is -2.05. The molecule has 0 atom stereocenters. The van der Waals surface area contributed by atoms with E-state index >= 15 is 0 Å².